The molecule has 1 aliphatic carbocycles. The minimum Gasteiger partial charge on any atom is -0.330 e. The van der Waals surface area contributed by atoms with Crippen LogP contribution in [0.3, 0.4) is 0 Å². The normalized spacial score (nSPS) is 18.0. The van der Waals surface area contributed by atoms with Gasteiger partial charge in [-0.2, -0.15) is 0 Å². The third-order valence-electron chi connectivity index (χ3n) is 4.15. The molecule has 0 unspecified atom stereocenters. The lowest BCUT2D eigenvalue weighted by molar-refractivity contribution is -0.118. The van der Waals surface area contributed by atoms with Crippen molar-refractivity contribution in [2.75, 3.05) is 11.9 Å². The van der Waals surface area contributed by atoms with Crippen molar-refractivity contribution in [1.82, 2.24) is 4.98 Å². The summed E-state index contributed by atoms with van der Waals surface area (Å²) in [6, 6.07) is 3.81. The van der Waals surface area contributed by atoms with Crippen LogP contribution >= 0.6 is 0 Å². The number of aromatic nitrogens is 1. The van der Waals surface area contributed by atoms with Crippen molar-refractivity contribution in [3.8, 4) is 0 Å². The van der Waals surface area contributed by atoms with E-state index in [0.29, 0.717) is 18.8 Å². The van der Waals surface area contributed by atoms with E-state index >= 15 is 0 Å². The Hall–Kier alpha value is -1.42. The van der Waals surface area contributed by atoms with E-state index in [4.69, 9.17) is 5.73 Å². The number of pyridine rings is 1. The zero-order valence-corrected chi connectivity index (χ0v) is 11.6. The number of nitrogens with zero attached hydrogens (tertiary/aromatic N) is 1. The maximum Gasteiger partial charge on any atom is 0.226 e. The van der Waals surface area contributed by atoms with Crippen molar-refractivity contribution in [3.05, 3.63) is 23.9 Å². The standard InChI is InChI=1S/C15H23N3O/c1-12-6-5-9-17-14(12)18-13(19)10-15(11-16)7-3-2-4-8-15/h5-6,9H,2-4,7-8,10-11,16H2,1H3,(H,17,18,19). The topological polar surface area (TPSA) is 68.0 Å². The Kier molecular flexibility index (Phi) is 4.53. The van der Waals surface area contributed by atoms with Gasteiger partial charge in [0.25, 0.3) is 0 Å². The van der Waals surface area contributed by atoms with Gasteiger partial charge in [0, 0.05) is 12.6 Å². The maximum atomic E-state index is 12.2. The van der Waals surface area contributed by atoms with Crippen LogP contribution in [0.5, 0.6) is 0 Å². The molecule has 4 nitrogen and oxygen atoms in total. The predicted molar refractivity (Wildman–Crippen MR) is 76.8 cm³/mol. The summed E-state index contributed by atoms with van der Waals surface area (Å²) in [6.45, 7) is 2.55. The summed E-state index contributed by atoms with van der Waals surface area (Å²) in [4.78, 5) is 16.4. The van der Waals surface area contributed by atoms with Crippen LogP contribution in [0.1, 0.15) is 44.1 Å². The first-order valence-corrected chi connectivity index (χ1v) is 7.07. The summed E-state index contributed by atoms with van der Waals surface area (Å²) in [5, 5.41) is 2.91. The molecule has 3 N–H and O–H groups in total. The average Bonchev–Trinajstić information content (AvgIpc) is 2.42. The smallest absolute Gasteiger partial charge is 0.226 e. The van der Waals surface area contributed by atoms with E-state index in [1.807, 2.05) is 19.1 Å². The summed E-state index contributed by atoms with van der Waals surface area (Å²) in [6.07, 6.45) is 7.99. The summed E-state index contributed by atoms with van der Waals surface area (Å²) in [7, 11) is 0. The number of amides is 1. The SMILES string of the molecule is Cc1cccnc1NC(=O)CC1(CN)CCCCC1. The Balaban J connectivity index is 1.98. The first-order valence-electron chi connectivity index (χ1n) is 7.07. The van der Waals surface area contributed by atoms with Gasteiger partial charge >= 0.3 is 0 Å². The van der Waals surface area contributed by atoms with Gasteiger partial charge in [0.1, 0.15) is 5.82 Å². The molecule has 0 atom stereocenters. The van der Waals surface area contributed by atoms with Crippen molar-refractivity contribution in [2.45, 2.75) is 45.4 Å². The molecule has 1 aromatic heterocycles. The summed E-state index contributed by atoms with van der Waals surface area (Å²) in [5.74, 6) is 0.699. The highest BCUT2D eigenvalue weighted by molar-refractivity contribution is 5.90. The molecule has 1 amide bonds. The van der Waals surface area contributed by atoms with Crippen molar-refractivity contribution in [1.29, 1.82) is 0 Å². The van der Waals surface area contributed by atoms with Gasteiger partial charge in [0.2, 0.25) is 5.91 Å². The van der Waals surface area contributed by atoms with Gasteiger partial charge in [0.15, 0.2) is 0 Å². The molecule has 1 aromatic rings. The molecule has 0 aliphatic heterocycles. The lowest BCUT2D eigenvalue weighted by Crippen LogP contribution is -2.36. The fourth-order valence-corrected chi connectivity index (χ4v) is 2.89. The number of carbonyl (C=O) groups is 1. The van der Waals surface area contributed by atoms with Crippen LogP contribution in [0.25, 0.3) is 0 Å². The minimum atomic E-state index is 0.00498. The van der Waals surface area contributed by atoms with Crippen molar-refractivity contribution in [3.63, 3.8) is 0 Å². The molecule has 19 heavy (non-hydrogen) atoms. The van der Waals surface area contributed by atoms with Crippen LogP contribution in [0.15, 0.2) is 18.3 Å². The van der Waals surface area contributed by atoms with Gasteiger partial charge in [-0.3, -0.25) is 4.79 Å². The van der Waals surface area contributed by atoms with Crippen LogP contribution < -0.4 is 11.1 Å². The van der Waals surface area contributed by atoms with Crippen LogP contribution in [0.2, 0.25) is 0 Å². The van der Waals surface area contributed by atoms with Gasteiger partial charge < -0.3 is 11.1 Å². The number of hydrogen-bond acceptors (Lipinski definition) is 3. The molecule has 1 saturated carbocycles. The third kappa shape index (κ3) is 3.53. The number of nitrogens with two attached hydrogens (primary N) is 1. The number of rotatable bonds is 4. The van der Waals surface area contributed by atoms with Crippen molar-refractivity contribution in [2.24, 2.45) is 11.1 Å². The largest absolute Gasteiger partial charge is 0.330 e. The second-order valence-corrected chi connectivity index (χ2v) is 5.66. The Morgan fingerprint density at radius 3 is 2.79 bits per heavy atom. The fourth-order valence-electron chi connectivity index (χ4n) is 2.89. The highest BCUT2D eigenvalue weighted by Crippen LogP contribution is 2.38. The Bertz CT molecular complexity index is 439. The molecule has 2 rings (SSSR count). The van der Waals surface area contributed by atoms with Crippen molar-refractivity contribution < 1.29 is 4.79 Å². The van der Waals surface area contributed by atoms with Crippen LogP contribution in [-0.4, -0.2) is 17.4 Å². The lowest BCUT2D eigenvalue weighted by atomic mass is 9.71. The van der Waals surface area contributed by atoms with Crippen LogP contribution in [-0.2, 0) is 4.79 Å². The maximum absolute atomic E-state index is 12.2. The predicted octanol–water partition coefficient (Wildman–Crippen LogP) is 2.63. The lowest BCUT2D eigenvalue weighted by Gasteiger charge is -2.35. The second kappa shape index (κ2) is 6.15. The van der Waals surface area contributed by atoms with E-state index in [9.17, 15) is 4.79 Å². The average molecular weight is 261 g/mol. The molecule has 104 valence electrons. The van der Waals surface area contributed by atoms with E-state index in [2.05, 4.69) is 10.3 Å². The van der Waals surface area contributed by atoms with E-state index < -0.39 is 0 Å². The molecule has 1 aliphatic rings. The number of nitrogens with one attached hydrogen (secondary N) is 1. The third-order valence-corrected chi connectivity index (χ3v) is 4.15. The number of carbonyl (C=O) groups excluding carboxylic acids is 1. The van der Waals surface area contributed by atoms with Crippen LogP contribution in [0, 0.1) is 12.3 Å². The monoisotopic (exact) mass is 261 g/mol. The minimum absolute atomic E-state index is 0.00498. The molecule has 1 heterocycles. The quantitative estimate of drug-likeness (QED) is 0.875. The molecule has 0 radical (unpaired) electrons. The van der Waals surface area contributed by atoms with Gasteiger partial charge in [0.05, 0.1) is 0 Å². The summed E-state index contributed by atoms with van der Waals surface area (Å²) >= 11 is 0. The molecule has 0 aromatic carbocycles. The zero-order valence-electron chi connectivity index (χ0n) is 11.6. The van der Waals surface area contributed by atoms with Crippen molar-refractivity contribution >= 4 is 11.7 Å². The van der Waals surface area contributed by atoms with Gasteiger partial charge in [-0.05, 0) is 43.4 Å². The van der Waals surface area contributed by atoms with Crippen LogP contribution in [0.4, 0.5) is 5.82 Å². The Labute approximate surface area is 114 Å². The number of anilines is 1. The van der Waals surface area contributed by atoms with E-state index in [1.54, 1.807) is 6.20 Å². The molecule has 0 spiro atoms. The molecular formula is C15H23N3O. The zero-order chi connectivity index (χ0) is 13.7. The molecular weight excluding hydrogens is 238 g/mol. The molecule has 0 saturated heterocycles. The van der Waals surface area contributed by atoms with Gasteiger partial charge in [-0.25, -0.2) is 4.98 Å². The van der Waals surface area contributed by atoms with E-state index in [-0.39, 0.29) is 11.3 Å². The Morgan fingerprint density at radius 2 is 2.16 bits per heavy atom. The van der Waals surface area contributed by atoms with Gasteiger partial charge in [-0.1, -0.05) is 25.3 Å². The Morgan fingerprint density at radius 1 is 1.42 bits per heavy atom. The first-order chi connectivity index (χ1) is 9.15. The summed E-state index contributed by atoms with van der Waals surface area (Å²) in [5.41, 5.74) is 6.91. The first kappa shape index (κ1) is 14.0. The molecule has 1 fully saturated rings. The molecule has 0 bridgehead atoms. The van der Waals surface area contributed by atoms with Gasteiger partial charge in [-0.15, -0.1) is 0 Å². The second-order valence-electron chi connectivity index (χ2n) is 5.66. The van der Waals surface area contributed by atoms with E-state index in [0.717, 1.165) is 18.4 Å². The highest BCUT2D eigenvalue weighted by Gasteiger charge is 2.33. The number of aryl methyl sites for hydroxylation is 1. The van der Waals surface area contributed by atoms with E-state index in [1.165, 1.54) is 19.3 Å². The summed E-state index contributed by atoms with van der Waals surface area (Å²) < 4.78 is 0. The fraction of sp³-hybridized carbons (Fsp3) is 0.600. The number of hydrogen-bond donors (Lipinski definition) is 2. The highest BCUT2D eigenvalue weighted by atomic mass is 16.1. The molecule has 4 heteroatoms.